The number of phenolic OH excluding ortho intramolecular Hbond substituents is 1. The van der Waals surface area contributed by atoms with Crippen LogP contribution in [0, 0.1) is 10.1 Å². The van der Waals surface area contributed by atoms with Crippen molar-refractivity contribution in [3.05, 3.63) is 66.6 Å². The molecule has 0 aliphatic carbocycles. The first-order chi connectivity index (χ1) is 10.9. The van der Waals surface area contributed by atoms with Crippen molar-refractivity contribution in [3.63, 3.8) is 0 Å². The highest BCUT2D eigenvalue weighted by Gasteiger charge is 2.10. The van der Waals surface area contributed by atoms with E-state index in [9.17, 15) is 20.0 Å². The van der Waals surface area contributed by atoms with E-state index in [0.29, 0.717) is 14.5 Å². The Morgan fingerprint density at radius 3 is 2.52 bits per heavy atom. The molecular formula is C14H9Br2N3O4. The van der Waals surface area contributed by atoms with Crippen molar-refractivity contribution in [3.8, 4) is 5.75 Å². The lowest BCUT2D eigenvalue weighted by atomic mass is 10.2. The number of hydrazone groups is 1. The van der Waals surface area contributed by atoms with E-state index in [1.807, 2.05) is 0 Å². The molecule has 23 heavy (non-hydrogen) atoms. The Morgan fingerprint density at radius 2 is 1.91 bits per heavy atom. The third kappa shape index (κ3) is 4.36. The van der Waals surface area contributed by atoms with E-state index in [0.717, 1.165) is 0 Å². The number of hydrogen-bond donors (Lipinski definition) is 2. The second kappa shape index (κ2) is 7.34. The van der Waals surface area contributed by atoms with Crippen molar-refractivity contribution in [1.82, 2.24) is 5.43 Å². The molecule has 7 nitrogen and oxygen atoms in total. The zero-order valence-corrected chi connectivity index (χ0v) is 14.5. The second-order valence-corrected chi connectivity index (χ2v) is 6.05. The van der Waals surface area contributed by atoms with Gasteiger partial charge in [0.15, 0.2) is 0 Å². The number of hydrogen-bond acceptors (Lipinski definition) is 5. The molecule has 118 valence electrons. The first-order valence-electron chi connectivity index (χ1n) is 6.14. The maximum absolute atomic E-state index is 11.9. The third-order valence-electron chi connectivity index (χ3n) is 2.74. The molecule has 2 aromatic rings. The van der Waals surface area contributed by atoms with Crippen molar-refractivity contribution in [2.24, 2.45) is 5.10 Å². The number of carbonyl (C=O) groups is 1. The molecule has 0 aliphatic heterocycles. The molecule has 2 rings (SSSR count). The summed E-state index contributed by atoms with van der Waals surface area (Å²) in [5.74, 6) is -0.510. The molecule has 0 aromatic heterocycles. The zero-order chi connectivity index (χ0) is 17.0. The summed E-state index contributed by atoms with van der Waals surface area (Å²) >= 11 is 6.37. The maximum atomic E-state index is 11.9. The van der Waals surface area contributed by atoms with Gasteiger partial charge in [-0.25, -0.2) is 5.43 Å². The van der Waals surface area contributed by atoms with Crippen molar-refractivity contribution in [2.75, 3.05) is 0 Å². The first kappa shape index (κ1) is 17.1. The van der Waals surface area contributed by atoms with Gasteiger partial charge in [-0.05, 0) is 55.6 Å². The number of non-ortho nitro benzene ring substituents is 1. The topological polar surface area (TPSA) is 105 Å². The van der Waals surface area contributed by atoms with Crippen LogP contribution in [0.3, 0.4) is 0 Å². The van der Waals surface area contributed by atoms with E-state index < -0.39 is 10.8 Å². The van der Waals surface area contributed by atoms with Gasteiger partial charge in [0.05, 0.1) is 20.1 Å². The molecular weight excluding hydrogens is 434 g/mol. The molecule has 0 heterocycles. The molecule has 2 aromatic carbocycles. The predicted octanol–water partition coefficient (Wildman–Crippen LogP) is 3.59. The Kier molecular flexibility index (Phi) is 5.45. The van der Waals surface area contributed by atoms with E-state index in [-0.39, 0.29) is 17.0 Å². The summed E-state index contributed by atoms with van der Waals surface area (Å²) in [6.07, 6.45) is 1.38. The summed E-state index contributed by atoms with van der Waals surface area (Å²) in [5.41, 5.74) is 2.86. The molecule has 0 unspecified atom stereocenters. The molecule has 9 heteroatoms. The van der Waals surface area contributed by atoms with Crippen molar-refractivity contribution in [1.29, 1.82) is 0 Å². The fourth-order valence-electron chi connectivity index (χ4n) is 1.65. The quantitative estimate of drug-likeness (QED) is 0.428. The molecule has 0 saturated carbocycles. The molecule has 1 amide bonds. The van der Waals surface area contributed by atoms with Gasteiger partial charge in [0.1, 0.15) is 5.75 Å². The zero-order valence-electron chi connectivity index (χ0n) is 11.4. The highest BCUT2D eigenvalue weighted by atomic mass is 79.9. The van der Waals surface area contributed by atoms with Gasteiger partial charge in [0, 0.05) is 17.7 Å². The average Bonchev–Trinajstić information content (AvgIpc) is 2.52. The Labute approximate surface area is 147 Å². The van der Waals surface area contributed by atoms with Gasteiger partial charge >= 0.3 is 0 Å². The SMILES string of the molecule is O=C(N/N=C/c1cc(Br)c(O)c(Br)c1)c1cccc([N+](=O)[O-])c1. The summed E-state index contributed by atoms with van der Waals surface area (Å²) in [4.78, 5) is 22.0. The van der Waals surface area contributed by atoms with Crippen molar-refractivity contribution < 1.29 is 14.8 Å². The van der Waals surface area contributed by atoms with E-state index in [2.05, 4.69) is 42.4 Å². The van der Waals surface area contributed by atoms with Gasteiger partial charge in [-0.2, -0.15) is 5.10 Å². The highest BCUT2D eigenvalue weighted by molar-refractivity contribution is 9.11. The number of carbonyl (C=O) groups excluding carboxylic acids is 1. The maximum Gasteiger partial charge on any atom is 0.271 e. The van der Waals surface area contributed by atoms with Crippen LogP contribution < -0.4 is 5.43 Å². The lowest BCUT2D eigenvalue weighted by Gasteiger charge is -2.02. The number of aromatic hydroxyl groups is 1. The van der Waals surface area contributed by atoms with Gasteiger partial charge in [0.2, 0.25) is 0 Å². The number of halogens is 2. The summed E-state index contributed by atoms with van der Waals surface area (Å²) in [6, 6.07) is 8.56. The van der Waals surface area contributed by atoms with Crippen LogP contribution in [0.5, 0.6) is 5.75 Å². The number of nitrogens with zero attached hydrogens (tertiary/aromatic N) is 2. The van der Waals surface area contributed by atoms with Crippen molar-refractivity contribution >= 4 is 49.7 Å². The fraction of sp³-hybridized carbons (Fsp3) is 0. The lowest BCUT2D eigenvalue weighted by Crippen LogP contribution is -2.17. The van der Waals surface area contributed by atoms with E-state index in [1.165, 1.54) is 30.5 Å². The number of benzene rings is 2. The van der Waals surface area contributed by atoms with E-state index >= 15 is 0 Å². The minimum absolute atomic E-state index is 0.0581. The van der Waals surface area contributed by atoms with Crippen LogP contribution in [0.4, 0.5) is 5.69 Å². The van der Waals surface area contributed by atoms with Gasteiger partial charge in [-0.3, -0.25) is 14.9 Å². The molecule has 0 spiro atoms. The largest absolute Gasteiger partial charge is 0.506 e. The highest BCUT2D eigenvalue weighted by Crippen LogP contribution is 2.32. The summed E-state index contributed by atoms with van der Waals surface area (Å²) in [7, 11) is 0. The molecule has 0 bridgehead atoms. The Hall–Kier alpha value is -2.26. The molecule has 0 radical (unpaired) electrons. The summed E-state index contributed by atoms with van der Waals surface area (Å²) < 4.78 is 0.941. The van der Waals surface area contributed by atoms with Crippen LogP contribution in [-0.4, -0.2) is 22.2 Å². The molecule has 0 fully saturated rings. The fourth-order valence-corrected chi connectivity index (χ4v) is 2.87. The predicted molar refractivity (Wildman–Crippen MR) is 91.7 cm³/mol. The van der Waals surface area contributed by atoms with Crippen LogP contribution in [0.2, 0.25) is 0 Å². The number of nitro groups is 1. The summed E-state index contributed by atoms with van der Waals surface area (Å²) in [5, 5.41) is 24.1. The van der Waals surface area contributed by atoms with Gasteiger partial charge < -0.3 is 5.11 Å². The van der Waals surface area contributed by atoms with Gasteiger partial charge in [0.25, 0.3) is 11.6 Å². The van der Waals surface area contributed by atoms with Crippen LogP contribution in [0.1, 0.15) is 15.9 Å². The van der Waals surface area contributed by atoms with Gasteiger partial charge in [-0.15, -0.1) is 0 Å². The van der Waals surface area contributed by atoms with E-state index in [1.54, 1.807) is 12.1 Å². The standard InChI is InChI=1S/C14H9Br2N3O4/c15-11-4-8(5-12(16)13(11)20)7-17-18-14(21)9-2-1-3-10(6-9)19(22)23/h1-7,20H,(H,18,21)/b17-7+. The molecule has 0 aliphatic rings. The number of phenols is 1. The van der Waals surface area contributed by atoms with Crippen molar-refractivity contribution in [2.45, 2.75) is 0 Å². The monoisotopic (exact) mass is 441 g/mol. The molecule has 2 N–H and O–H groups in total. The first-order valence-corrected chi connectivity index (χ1v) is 7.73. The third-order valence-corrected chi connectivity index (χ3v) is 3.95. The number of nitrogens with one attached hydrogen (secondary N) is 1. The van der Waals surface area contributed by atoms with Gasteiger partial charge in [-0.1, -0.05) is 6.07 Å². The Bertz CT molecular complexity index is 785. The Morgan fingerprint density at radius 1 is 1.26 bits per heavy atom. The number of amides is 1. The van der Waals surface area contributed by atoms with Crippen LogP contribution in [0.15, 0.2) is 50.4 Å². The lowest BCUT2D eigenvalue weighted by molar-refractivity contribution is -0.384. The second-order valence-electron chi connectivity index (χ2n) is 4.34. The van der Waals surface area contributed by atoms with Crippen LogP contribution >= 0.6 is 31.9 Å². The smallest absolute Gasteiger partial charge is 0.271 e. The minimum Gasteiger partial charge on any atom is -0.506 e. The minimum atomic E-state index is -0.578. The van der Waals surface area contributed by atoms with E-state index in [4.69, 9.17) is 0 Å². The molecule has 0 atom stereocenters. The number of rotatable bonds is 4. The van der Waals surface area contributed by atoms with Crippen LogP contribution in [-0.2, 0) is 0 Å². The van der Waals surface area contributed by atoms with Crippen LogP contribution in [0.25, 0.3) is 0 Å². The summed E-state index contributed by atoms with van der Waals surface area (Å²) in [6.45, 7) is 0. The normalized spacial score (nSPS) is 10.7. The Balaban J connectivity index is 2.10. The molecule has 0 saturated heterocycles. The average molecular weight is 443 g/mol. The number of nitro benzene ring substituents is 1.